The molecule has 0 aliphatic heterocycles. The van der Waals surface area contributed by atoms with E-state index in [0.29, 0.717) is 11.3 Å². The lowest BCUT2D eigenvalue weighted by Gasteiger charge is -2.09. The SMILES string of the molecule is O=C(Nc1ccncc1)c1cccc(NS(=O)(=O)c2cn[nH]c2)c1. The molecule has 0 radical (unpaired) electrons. The van der Waals surface area contributed by atoms with Crippen molar-refractivity contribution in [3.05, 3.63) is 66.7 Å². The molecule has 0 unspecified atom stereocenters. The molecule has 0 fully saturated rings. The highest BCUT2D eigenvalue weighted by Crippen LogP contribution is 2.17. The standard InChI is InChI=1S/C15H13N5O3S/c21-15(19-12-4-6-16-7-5-12)11-2-1-3-13(8-11)20-24(22,23)14-9-17-18-10-14/h1-10,20H,(H,17,18)(H,16,19,21). The maximum absolute atomic E-state index is 12.2. The Morgan fingerprint density at radius 2 is 1.88 bits per heavy atom. The zero-order chi connectivity index (χ0) is 17.0. The number of aromatic amines is 1. The fraction of sp³-hybridized carbons (Fsp3) is 0. The van der Waals surface area contributed by atoms with Crippen molar-refractivity contribution in [2.75, 3.05) is 10.0 Å². The van der Waals surface area contributed by atoms with E-state index in [4.69, 9.17) is 0 Å². The lowest BCUT2D eigenvalue weighted by molar-refractivity contribution is 0.102. The fourth-order valence-electron chi connectivity index (χ4n) is 1.96. The number of amides is 1. The highest BCUT2D eigenvalue weighted by Gasteiger charge is 2.16. The van der Waals surface area contributed by atoms with Gasteiger partial charge in [-0.1, -0.05) is 6.07 Å². The van der Waals surface area contributed by atoms with Crippen LogP contribution in [0, 0.1) is 0 Å². The molecule has 8 nitrogen and oxygen atoms in total. The Hall–Kier alpha value is -3.20. The molecule has 2 aromatic heterocycles. The first-order valence-corrected chi connectivity index (χ1v) is 8.36. The molecule has 2 heterocycles. The number of pyridine rings is 1. The smallest absolute Gasteiger partial charge is 0.265 e. The van der Waals surface area contributed by atoms with E-state index in [0.717, 1.165) is 0 Å². The number of sulfonamides is 1. The molecule has 9 heteroatoms. The zero-order valence-corrected chi connectivity index (χ0v) is 13.1. The highest BCUT2D eigenvalue weighted by molar-refractivity contribution is 7.92. The molecule has 0 spiro atoms. The second-order valence-corrected chi connectivity index (χ2v) is 6.49. The number of carbonyl (C=O) groups excluding carboxylic acids is 1. The number of anilines is 2. The van der Waals surface area contributed by atoms with Gasteiger partial charge in [0.05, 0.1) is 6.20 Å². The van der Waals surface area contributed by atoms with E-state index in [2.05, 4.69) is 25.2 Å². The van der Waals surface area contributed by atoms with Gasteiger partial charge >= 0.3 is 0 Å². The van der Waals surface area contributed by atoms with Gasteiger partial charge in [-0.25, -0.2) is 8.42 Å². The van der Waals surface area contributed by atoms with E-state index in [1.54, 1.807) is 42.7 Å². The number of nitrogens with one attached hydrogen (secondary N) is 3. The summed E-state index contributed by atoms with van der Waals surface area (Å²) in [5.41, 5.74) is 1.19. The van der Waals surface area contributed by atoms with E-state index in [1.165, 1.54) is 18.5 Å². The fourth-order valence-corrected chi connectivity index (χ4v) is 2.92. The Labute approximate surface area is 138 Å². The van der Waals surface area contributed by atoms with Crippen LogP contribution in [0.2, 0.25) is 0 Å². The van der Waals surface area contributed by atoms with Gasteiger partial charge in [0, 0.05) is 35.5 Å². The van der Waals surface area contributed by atoms with Crippen molar-refractivity contribution in [1.29, 1.82) is 0 Å². The number of hydrogen-bond acceptors (Lipinski definition) is 5. The van der Waals surface area contributed by atoms with Gasteiger partial charge < -0.3 is 5.32 Å². The third-order valence-corrected chi connectivity index (χ3v) is 4.45. The minimum absolute atomic E-state index is 0.00846. The molecule has 0 bridgehead atoms. The monoisotopic (exact) mass is 343 g/mol. The summed E-state index contributed by atoms with van der Waals surface area (Å²) in [7, 11) is -3.76. The average molecular weight is 343 g/mol. The predicted octanol–water partition coefficient (Wildman–Crippen LogP) is 1.86. The normalized spacial score (nSPS) is 11.0. The molecular weight excluding hydrogens is 330 g/mol. The topological polar surface area (TPSA) is 117 Å². The highest BCUT2D eigenvalue weighted by atomic mass is 32.2. The molecule has 24 heavy (non-hydrogen) atoms. The van der Waals surface area contributed by atoms with E-state index >= 15 is 0 Å². The van der Waals surface area contributed by atoms with Crippen LogP contribution in [0.25, 0.3) is 0 Å². The number of rotatable bonds is 5. The molecule has 0 atom stereocenters. The summed E-state index contributed by atoms with van der Waals surface area (Å²) in [6.07, 6.45) is 5.58. The summed E-state index contributed by atoms with van der Waals surface area (Å²) < 4.78 is 26.7. The Bertz CT molecular complexity index is 940. The second-order valence-electron chi connectivity index (χ2n) is 4.81. The maximum Gasteiger partial charge on any atom is 0.265 e. The van der Waals surface area contributed by atoms with E-state index in [-0.39, 0.29) is 16.5 Å². The first-order chi connectivity index (χ1) is 11.5. The van der Waals surface area contributed by atoms with E-state index in [1.807, 2.05) is 0 Å². The number of benzene rings is 1. The lowest BCUT2D eigenvalue weighted by Crippen LogP contribution is -2.14. The largest absolute Gasteiger partial charge is 0.322 e. The van der Waals surface area contributed by atoms with Crippen LogP contribution < -0.4 is 10.0 Å². The molecule has 3 aromatic rings. The third kappa shape index (κ3) is 3.58. The molecule has 122 valence electrons. The minimum atomic E-state index is -3.76. The van der Waals surface area contributed by atoms with Gasteiger partial charge in [0.25, 0.3) is 15.9 Å². The van der Waals surface area contributed by atoms with Crippen LogP contribution in [-0.4, -0.2) is 29.5 Å². The quantitative estimate of drug-likeness (QED) is 0.654. The third-order valence-electron chi connectivity index (χ3n) is 3.10. The van der Waals surface area contributed by atoms with Crippen LogP contribution in [0.3, 0.4) is 0 Å². The first kappa shape index (κ1) is 15.7. The van der Waals surface area contributed by atoms with Gasteiger partial charge in [-0.2, -0.15) is 5.10 Å². The van der Waals surface area contributed by atoms with Gasteiger partial charge in [0.1, 0.15) is 4.90 Å². The Morgan fingerprint density at radius 3 is 2.58 bits per heavy atom. The molecule has 1 aromatic carbocycles. The average Bonchev–Trinajstić information content (AvgIpc) is 3.11. The second kappa shape index (κ2) is 6.50. The molecule has 0 saturated heterocycles. The van der Waals surface area contributed by atoms with E-state index < -0.39 is 10.0 Å². The van der Waals surface area contributed by atoms with E-state index in [9.17, 15) is 13.2 Å². The van der Waals surface area contributed by atoms with Gasteiger partial charge in [0.2, 0.25) is 0 Å². The van der Waals surface area contributed by atoms with Crippen LogP contribution in [0.5, 0.6) is 0 Å². The van der Waals surface area contributed by atoms with Gasteiger partial charge in [0.15, 0.2) is 0 Å². The van der Waals surface area contributed by atoms with Crippen LogP contribution in [0.1, 0.15) is 10.4 Å². The van der Waals surface area contributed by atoms with Crippen LogP contribution in [-0.2, 0) is 10.0 Å². The first-order valence-electron chi connectivity index (χ1n) is 6.88. The molecule has 1 amide bonds. The van der Waals surface area contributed by atoms with Crippen molar-refractivity contribution in [3.8, 4) is 0 Å². The van der Waals surface area contributed by atoms with Crippen molar-refractivity contribution in [2.45, 2.75) is 4.90 Å². The molecule has 0 aliphatic rings. The Kier molecular flexibility index (Phi) is 4.25. The molecule has 3 N–H and O–H groups in total. The summed E-state index contributed by atoms with van der Waals surface area (Å²) in [6, 6.07) is 9.50. The number of nitrogens with zero attached hydrogens (tertiary/aromatic N) is 2. The zero-order valence-electron chi connectivity index (χ0n) is 12.3. The molecular formula is C15H13N5O3S. The number of aromatic nitrogens is 3. The van der Waals surface area contributed by atoms with Gasteiger partial charge in [-0.15, -0.1) is 0 Å². The summed E-state index contributed by atoms with van der Waals surface area (Å²) in [4.78, 5) is 16.1. The van der Waals surface area contributed by atoms with Crippen molar-refractivity contribution < 1.29 is 13.2 Å². The van der Waals surface area contributed by atoms with Crippen LogP contribution in [0.4, 0.5) is 11.4 Å². The van der Waals surface area contributed by atoms with Crippen molar-refractivity contribution in [2.24, 2.45) is 0 Å². The predicted molar refractivity (Wildman–Crippen MR) is 88.0 cm³/mol. The molecule has 0 saturated carbocycles. The number of H-pyrrole nitrogens is 1. The lowest BCUT2D eigenvalue weighted by atomic mass is 10.2. The summed E-state index contributed by atoms with van der Waals surface area (Å²) in [6.45, 7) is 0. The number of hydrogen-bond donors (Lipinski definition) is 3. The van der Waals surface area contributed by atoms with Crippen LogP contribution >= 0.6 is 0 Å². The van der Waals surface area contributed by atoms with Gasteiger partial charge in [-0.05, 0) is 30.3 Å². The maximum atomic E-state index is 12.2. The summed E-state index contributed by atoms with van der Waals surface area (Å²) in [5, 5.41) is 8.75. The number of carbonyl (C=O) groups is 1. The summed E-state index contributed by atoms with van der Waals surface area (Å²) in [5.74, 6) is -0.356. The van der Waals surface area contributed by atoms with Crippen molar-refractivity contribution >= 4 is 27.3 Å². The van der Waals surface area contributed by atoms with Gasteiger partial charge in [-0.3, -0.25) is 19.6 Å². The Morgan fingerprint density at radius 1 is 1.08 bits per heavy atom. The van der Waals surface area contributed by atoms with Crippen molar-refractivity contribution in [3.63, 3.8) is 0 Å². The Balaban J connectivity index is 1.78. The molecule has 3 rings (SSSR count). The minimum Gasteiger partial charge on any atom is -0.322 e. The summed E-state index contributed by atoms with van der Waals surface area (Å²) >= 11 is 0. The van der Waals surface area contributed by atoms with Crippen LogP contribution in [0.15, 0.2) is 66.1 Å². The molecule has 0 aliphatic carbocycles. The van der Waals surface area contributed by atoms with Crippen molar-refractivity contribution in [1.82, 2.24) is 15.2 Å².